The van der Waals surface area contributed by atoms with Crippen molar-refractivity contribution in [2.45, 2.75) is 13.3 Å². The fraction of sp³-hybridized carbons (Fsp3) is 0.556. The van der Waals surface area contributed by atoms with Gasteiger partial charge in [0, 0.05) is 6.54 Å². The van der Waals surface area contributed by atoms with Gasteiger partial charge in [0.15, 0.2) is 0 Å². The van der Waals surface area contributed by atoms with Gasteiger partial charge < -0.3 is 15.2 Å². The van der Waals surface area contributed by atoms with Crippen molar-refractivity contribution in [3.63, 3.8) is 0 Å². The molecule has 17 heavy (non-hydrogen) atoms. The number of halogens is 2. The molecule has 0 radical (unpaired) electrons. The Kier molecular flexibility index (Phi) is 5.23. The molecule has 0 aromatic carbocycles. The largest absolute Gasteiger partial charge is 0.478 e. The van der Waals surface area contributed by atoms with E-state index >= 15 is 0 Å². The van der Waals surface area contributed by atoms with Crippen molar-refractivity contribution in [3.05, 3.63) is 11.3 Å². The van der Waals surface area contributed by atoms with Gasteiger partial charge in [0.05, 0.1) is 12.3 Å². The Morgan fingerprint density at radius 2 is 2.35 bits per heavy atom. The highest BCUT2D eigenvalue weighted by atomic mass is 32.1. The zero-order valence-corrected chi connectivity index (χ0v) is 9.89. The highest BCUT2D eigenvalue weighted by molar-refractivity contribution is 7.10. The first kappa shape index (κ1) is 13.8. The standard InChI is InChI=1S/C9H12F2N2O3S/c1-5-7(9(14)15)8(17-13-5)12-2-3-16-4-6(10)11/h6,12H,2-4H2,1H3,(H,14,15). The van der Waals surface area contributed by atoms with Crippen LogP contribution in [-0.2, 0) is 4.74 Å². The minimum absolute atomic E-state index is 0.0837. The highest BCUT2D eigenvalue weighted by Gasteiger charge is 2.16. The van der Waals surface area contributed by atoms with E-state index in [2.05, 4.69) is 14.4 Å². The van der Waals surface area contributed by atoms with Crippen LogP contribution < -0.4 is 5.32 Å². The van der Waals surface area contributed by atoms with E-state index < -0.39 is 19.0 Å². The Morgan fingerprint density at radius 1 is 1.65 bits per heavy atom. The van der Waals surface area contributed by atoms with Crippen LogP contribution in [0.2, 0.25) is 0 Å². The molecule has 0 aliphatic rings. The molecule has 1 aromatic heterocycles. The van der Waals surface area contributed by atoms with Gasteiger partial charge in [-0.25, -0.2) is 13.6 Å². The fourth-order valence-corrected chi connectivity index (χ4v) is 1.96. The lowest BCUT2D eigenvalue weighted by molar-refractivity contribution is 0.0215. The summed E-state index contributed by atoms with van der Waals surface area (Å²) in [5.41, 5.74) is 0.544. The van der Waals surface area contributed by atoms with E-state index in [0.29, 0.717) is 10.7 Å². The molecule has 0 bridgehead atoms. The lowest BCUT2D eigenvalue weighted by Crippen LogP contribution is -2.14. The maximum atomic E-state index is 11.7. The number of anilines is 1. The summed E-state index contributed by atoms with van der Waals surface area (Å²) >= 11 is 1.02. The second kappa shape index (κ2) is 6.45. The van der Waals surface area contributed by atoms with Gasteiger partial charge in [-0.15, -0.1) is 0 Å². The summed E-state index contributed by atoms with van der Waals surface area (Å²) in [5.74, 6) is -1.06. The van der Waals surface area contributed by atoms with Crippen LogP contribution in [0.3, 0.4) is 0 Å². The van der Waals surface area contributed by atoms with Crippen molar-refractivity contribution in [3.8, 4) is 0 Å². The predicted molar refractivity (Wildman–Crippen MR) is 59.1 cm³/mol. The molecule has 96 valence electrons. The number of aromatic nitrogens is 1. The lowest BCUT2D eigenvalue weighted by atomic mass is 10.2. The molecule has 0 aliphatic heterocycles. The molecular weight excluding hydrogens is 254 g/mol. The number of ether oxygens (including phenoxy) is 1. The van der Waals surface area contributed by atoms with Crippen LogP contribution in [0.4, 0.5) is 13.8 Å². The summed E-state index contributed by atoms with van der Waals surface area (Å²) in [6.07, 6.45) is -2.49. The molecule has 1 rings (SSSR count). The number of nitrogens with zero attached hydrogens (tertiary/aromatic N) is 1. The molecule has 8 heteroatoms. The van der Waals surface area contributed by atoms with Gasteiger partial charge in [-0.2, -0.15) is 4.37 Å². The first-order valence-electron chi connectivity index (χ1n) is 4.81. The molecular formula is C9H12F2N2O3S. The fourth-order valence-electron chi connectivity index (χ4n) is 1.15. The zero-order valence-electron chi connectivity index (χ0n) is 9.07. The Hall–Kier alpha value is -1.28. The van der Waals surface area contributed by atoms with Crippen LogP contribution >= 0.6 is 11.5 Å². The van der Waals surface area contributed by atoms with Gasteiger partial charge in [-0.1, -0.05) is 0 Å². The van der Waals surface area contributed by atoms with E-state index in [-0.39, 0.29) is 18.7 Å². The second-order valence-electron chi connectivity index (χ2n) is 3.17. The van der Waals surface area contributed by atoms with Crippen LogP contribution in [-0.4, -0.2) is 41.6 Å². The molecule has 2 N–H and O–H groups in total. The minimum atomic E-state index is -2.49. The van der Waals surface area contributed by atoms with E-state index in [1.54, 1.807) is 6.92 Å². The molecule has 0 fully saturated rings. The van der Waals surface area contributed by atoms with Crippen LogP contribution in [0, 0.1) is 6.92 Å². The molecule has 0 spiro atoms. The maximum Gasteiger partial charge on any atom is 0.340 e. The van der Waals surface area contributed by atoms with Crippen LogP contribution in [0.1, 0.15) is 16.1 Å². The van der Waals surface area contributed by atoms with Crippen molar-refractivity contribution in [1.82, 2.24) is 4.37 Å². The number of aromatic carboxylic acids is 1. The average molecular weight is 266 g/mol. The number of aryl methyl sites for hydroxylation is 1. The number of nitrogens with one attached hydrogen (secondary N) is 1. The van der Waals surface area contributed by atoms with Crippen molar-refractivity contribution in [2.24, 2.45) is 0 Å². The number of carbonyl (C=O) groups is 1. The Balaban J connectivity index is 2.39. The molecule has 1 aromatic rings. The zero-order chi connectivity index (χ0) is 12.8. The Bertz CT molecular complexity index is 384. The van der Waals surface area contributed by atoms with Gasteiger partial charge in [0.2, 0.25) is 0 Å². The number of hydrogen-bond acceptors (Lipinski definition) is 5. The lowest BCUT2D eigenvalue weighted by Gasteiger charge is -2.05. The van der Waals surface area contributed by atoms with Gasteiger partial charge in [-0.3, -0.25) is 0 Å². The van der Waals surface area contributed by atoms with Crippen molar-refractivity contribution < 1.29 is 23.4 Å². The molecule has 0 unspecified atom stereocenters. The monoisotopic (exact) mass is 266 g/mol. The molecule has 0 saturated heterocycles. The molecule has 1 heterocycles. The third-order valence-corrected chi connectivity index (χ3v) is 2.75. The van der Waals surface area contributed by atoms with Crippen molar-refractivity contribution in [1.29, 1.82) is 0 Å². The summed E-state index contributed by atoms with van der Waals surface area (Å²) < 4.78 is 32.0. The van der Waals surface area contributed by atoms with Gasteiger partial charge in [0.25, 0.3) is 6.43 Å². The minimum Gasteiger partial charge on any atom is -0.478 e. The molecule has 0 atom stereocenters. The summed E-state index contributed by atoms with van der Waals surface area (Å²) in [4.78, 5) is 10.9. The summed E-state index contributed by atoms with van der Waals surface area (Å²) in [5, 5.41) is 12.1. The van der Waals surface area contributed by atoms with Crippen LogP contribution in [0.15, 0.2) is 0 Å². The molecule has 0 amide bonds. The van der Waals surface area contributed by atoms with E-state index in [1.807, 2.05) is 0 Å². The third kappa shape index (κ3) is 4.23. The normalized spacial score (nSPS) is 10.8. The number of hydrogen-bond donors (Lipinski definition) is 2. The van der Waals surface area contributed by atoms with Crippen LogP contribution in [0.25, 0.3) is 0 Å². The first-order valence-corrected chi connectivity index (χ1v) is 5.59. The van der Waals surface area contributed by atoms with E-state index in [9.17, 15) is 13.6 Å². The highest BCUT2D eigenvalue weighted by Crippen LogP contribution is 2.23. The Labute approximate surface area is 101 Å². The van der Waals surface area contributed by atoms with E-state index in [0.717, 1.165) is 11.5 Å². The summed E-state index contributed by atoms with van der Waals surface area (Å²) in [6.45, 7) is 1.32. The number of rotatable bonds is 7. The van der Waals surface area contributed by atoms with E-state index in [1.165, 1.54) is 0 Å². The van der Waals surface area contributed by atoms with Gasteiger partial charge in [0.1, 0.15) is 17.2 Å². The Morgan fingerprint density at radius 3 is 2.94 bits per heavy atom. The quantitative estimate of drug-likeness (QED) is 0.737. The summed E-state index contributed by atoms with van der Waals surface area (Å²) in [7, 11) is 0. The number of carboxylic acid groups (broad SMARTS) is 1. The maximum absolute atomic E-state index is 11.7. The predicted octanol–water partition coefficient (Wildman–Crippen LogP) is 1.84. The second-order valence-corrected chi connectivity index (χ2v) is 3.94. The molecule has 0 aliphatic carbocycles. The first-order chi connectivity index (χ1) is 8.02. The molecule has 0 saturated carbocycles. The topological polar surface area (TPSA) is 71.5 Å². The average Bonchev–Trinajstić information content (AvgIpc) is 2.59. The summed E-state index contributed by atoms with van der Waals surface area (Å²) in [6, 6.07) is 0. The molecule has 5 nitrogen and oxygen atoms in total. The number of carboxylic acids is 1. The van der Waals surface area contributed by atoms with Crippen LogP contribution in [0.5, 0.6) is 0 Å². The van der Waals surface area contributed by atoms with Gasteiger partial charge in [-0.05, 0) is 18.5 Å². The van der Waals surface area contributed by atoms with Crippen molar-refractivity contribution in [2.75, 3.05) is 25.1 Å². The SMILES string of the molecule is Cc1nsc(NCCOCC(F)F)c1C(=O)O. The smallest absolute Gasteiger partial charge is 0.340 e. The third-order valence-electron chi connectivity index (χ3n) is 1.85. The van der Waals surface area contributed by atoms with Gasteiger partial charge >= 0.3 is 5.97 Å². The van der Waals surface area contributed by atoms with Crippen molar-refractivity contribution >= 4 is 22.5 Å². The number of alkyl halides is 2. The van der Waals surface area contributed by atoms with E-state index in [4.69, 9.17) is 5.11 Å².